The Hall–Kier alpha value is -2.06. The lowest BCUT2D eigenvalue weighted by Gasteiger charge is -2.18. The van der Waals surface area contributed by atoms with Crippen LogP contribution in [-0.2, 0) is 19.6 Å². The summed E-state index contributed by atoms with van der Waals surface area (Å²) in [7, 11) is 1.82. The van der Waals surface area contributed by atoms with E-state index in [4.69, 9.17) is 0 Å². The highest BCUT2D eigenvalue weighted by molar-refractivity contribution is 14.0. The Bertz CT molecular complexity index is 846. The van der Waals surface area contributed by atoms with Crippen molar-refractivity contribution >= 4 is 35.6 Å². The number of nitrogens with one attached hydrogen (secondary N) is 2. The van der Waals surface area contributed by atoms with Gasteiger partial charge in [0.2, 0.25) is 0 Å². The van der Waals surface area contributed by atoms with E-state index in [0.717, 1.165) is 38.7 Å². The van der Waals surface area contributed by atoms with Crippen molar-refractivity contribution in [1.82, 2.24) is 15.5 Å². The Balaban J connectivity index is 0.00000272. The fourth-order valence-corrected chi connectivity index (χ4v) is 4.07. The maximum Gasteiger partial charge on any atom is 0.191 e. The quantitative estimate of drug-likeness (QED) is 0.244. The molecule has 0 bridgehead atoms. The molecule has 0 aliphatic carbocycles. The Labute approximate surface area is 203 Å². The molecule has 0 atom stereocenters. The van der Waals surface area contributed by atoms with E-state index in [-0.39, 0.29) is 24.0 Å². The molecule has 2 aliphatic heterocycles. The van der Waals surface area contributed by atoms with Crippen LogP contribution in [0.2, 0.25) is 0 Å². The van der Waals surface area contributed by atoms with E-state index in [9.17, 15) is 0 Å². The fraction of sp³-hybridized carbons (Fsp3) is 0.400. The van der Waals surface area contributed by atoms with Crippen LogP contribution in [0.25, 0.3) is 0 Å². The molecule has 2 aromatic carbocycles. The number of anilines is 1. The Kier molecular flexibility index (Phi) is 9.21. The van der Waals surface area contributed by atoms with Gasteiger partial charge < -0.3 is 15.5 Å². The van der Waals surface area contributed by atoms with Gasteiger partial charge >= 0.3 is 0 Å². The maximum absolute atomic E-state index is 4.36. The first-order valence-electron chi connectivity index (χ1n) is 11.0. The topological polar surface area (TPSA) is 42.9 Å². The molecule has 1 fully saturated rings. The minimum Gasteiger partial charge on any atom is -0.364 e. The lowest BCUT2D eigenvalue weighted by Crippen LogP contribution is -2.36. The van der Waals surface area contributed by atoms with Crippen molar-refractivity contribution in [3.05, 3.63) is 77.4 Å². The number of hydrogen-bond acceptors (Lipinski definition) is 3. The summed E-state index contributed by atoms with van der Waals surface area (Å²) in [6.45, 7) is 7.09. The van der Waals surface area contributed by atoms with E-state index in [1.807, 2.05) is 7.05 Å². The normalized spacial score (nSPS) is 16.4. The fourth-order valence-electron chi connectivity index (χ4n) is 4.07. The van der Waals surface area contributed by atoms with Crippen molar-refractivity contribution in [3.63, 3.8) is 0 Å². The first-order valence-corrected chi connectivity index (χ1v) is 11.0. The summed E-state index contributed by atoms with van der Waals surface area (Å²) in [6.07, 6.45) is 7.11. The highest BCUT2D eigenvalue weighted by Crippen LogP contribution is 2.17. The molecule has 31 heavy (non-hydrogen) atoms. The Morgan fingerprint density at radius 1 is 0.806 bits per heavy atom. The number of benzene rings is 2. The third-order valence-corrected chi connectivity index (χ3v) is 5.89. The van der Waals surface area contributed by atoms with Gasteiger partial charge in [0.1, 0.15) is 0 Å². The van der Waals surface area contributed by atoms with Crippen LogP contribution < -0.4 is 15.5 Å². The second kappa shape index (κ2) is 12.1. The molecule has 0 aromatic heterocycles. The molecule has 6 heteroatoms. The van der Waals surface area contributed by atoms with E-state index in [1.165, 1.54) is 48.3 Å². The number of guanidine groups is 1. The van der Waals surface area contributed by atoms with Crippen molar-refractivity contribution in [2.75, 3.05) is 38.1 Å². The number of hydrogen-bond donors (Lipinski definition) is 2. The molecule has 2 N–H and O–H groups in total. The van der Waals surface area contributed by atoms with Crippen LogP contribution in [0.15, 0.2) is 65.7 Å². The minimum absolute atomic E-state index is 0. The predicted octanol–water partition coefficient (Wildman–Crippen LogP) is 4.14. The summed E-state index contributed by atoms with van der Waals surface area (Å²) >= 11 is 0. The van der Waals surface area contributed by atoms with E-state index < -0.39 is 0 Å². The molecule has 2 heterocycles. The molecule has 0 amide bonds. The van der Waals surface area contributed by atoms with Gasteiger partial charge in [-0.2, -0.15) is 0 Å². The summed E-state index contributed by atoms with van der Waals surface area (Å²) in [6, 6.07) is 17.7. The Morgan fingerprint density at radius 3 is 1.87 bits per heavy atom. The molecule has 2 aliphatic rings. The Morgan fingerprint density at radius 2 is 1.32 bits per heavy atom. The van der Waals surface area contributed by atoms with Crippen LogP contribution in [0, 0.1) is 0 Å². The molecular weight excluding hydrogens is 497 g/mol. The molecular formula is C25H34IN5. The average Bonchev–Trinajstić information content (AvgIpc) is 3.50. The molecule has 2 aromatic rings. The monoisotopic (exact) mass is 531 g/mol. The molecule has 1 saturated heterocycles. The van der Waals surface area contributed by atoms with Gasteiger partial charge in [-0.05, 0) is 54.8 Å². The summed E-state index contributed by atoms with van der Waals surface area (Å²) < 4.78 is 0. The maximum atomic E-state index is 4.36. The number of rotatable bonds is 7. The van der Waals surface area contributed by atoms with Gasteiger partial charge in [-0.3, -0.25) is 9.89 Å². The lowest BCUT2D eigenvalue weighted by molar-refractivity contribution is 0.331. The van der Waals surface area contributed by atoms with Crippen molar-refractivity contribution in [2.24, 2.45) is 4.99 Å². The zero-order valence-corrected chi connectivity index (χ0v) is 20.7. The molecule has 166 valence electrons. The van der Waals surface area contributed by atoms with E-state index in [2.05, 4.69) is 86.1 Å². The van der Waals surface area contributed by atoms with Gasteiger partial charge in [0.15, 0.2) is 5.96 Å². The SMILES string of the molecule is CN=C(NCc1ccc(CN2CCCC2)cc1)NCc1ccc(N2CC=CC2)cc1.I. The standard InChI is InChI=1S/C25H33N5.HI/c1-26-25(28-19-22-10-12-24(13-11-22)30-16-4-5-17-30)27-18-21-6-8-23(9-7-21)20-29-14-2-3-15-29;/h4-13H,2-3,14-20H2,1H3,(H2,26,27,28);1H. The largest absolute Gasteiger partial charge is 0.364 e. The molecule has 4 rings (SSSR count). The first-order chi connectivity index (χ1) is 14.8. The van der Waals surface area contributed by atoms with Crippen LogP contribution in [0.4, 0.5) is 5.69 Å². The summed E-state index contributed by atoms with van der Waals surface area (Å²) in [4.78, 5) is 9.25. The van der Waals surface area contributed by atoms with Crippen molar-refractivity contribution in [2.45, 2.75) is 32.5 Å². The molecule has 0 radical (unpaired) electrons. The molecule has 0 saturated carbocycles. The van der Waals surface area contributed by atoms with Crippen LogP contribution in [-0.4, -0.2) is 44.1 Å². The summed E-state index contributed by atoms with van der Waals surface area (Å²) in [5, 5.41) is 6.83. The van der Waals surface area contributed by atoms with Crippen molar-refractivity contribution in [1.29, 1.82) is 0 Å². The zero-order chi connectivity index (χ0) is 20.6. The highest BCUT2D eigenvalue weighted by atomic mass is 127. The van der Waals surface area contributed by atoms with E-state index in [1.54, 1.807) is 0 Å². The third-order valence-electron chi connectivity index (χ3n) is 5.89. The van der Waals surface area contributed by atoms with E-state index in [0.29, 0.717) is 0 Å². The number of likely N-dealkylation sites (tertiary alicyclic amines) is 1. The second-order valence-corrected chi connectivity index (χ2v) is 8.12. The van der Waals surface area contributed by atoms with Gasteiger partial charge in [0.05, 0.1) is 0 Å². The smallest absolute Gasteiger partial charge is 0.191 e. The zero-order valence-electron chi connectivity index (χ0n) is 18.4. The second-order valence-electron chi connectivity index (χ2n) is 8.12. The highest BCUT2D eigenvalue weighted by Gasteiger charge is 2.11. The van der Waals surface area contributed by atoms with E-state index >= 15 is 0 Å². The van der Waals surface area contributed by atoms with Gasteiger partial charge in [0.25, 0.3) is 0 Å². The first kappa shape index (κ1) is 23.6. The van der Waals surface area contributed by atoms with Crippen molar-refractivity contribution in [3.8, 4) is 0 Å². The van der Waals surface area contributed by atoms with Crippen LogP contribution in [0.5, 0.6) is 0 Å². The van der Waals surface area contributed by atoms with Gasteiger partial charge in [-0.1, -0.05) is 48.6 Å². The van der Waals surface area contributed by atoms with Crippen LogP contribution >= 0.6 is 24.0 Å². The number of aliphatic imine (C=N–C) groups is 1. The van der Waals surface area contributed by atoms with Gasteiger partial charge in [0, 0.05) is 45.5 Å². The minimum atomic E-state index is 0. The van der Waals surface area contributed by atoms with Gasteiger partial charge in [-0.25, -0.2) is 0 Å². The van der Waals surface area contributed by atoms with Gasteiger partial charge in [-0.15, -0.1) is 24.0 Å². The molecule has 0 spiro atoms. The number of nitrogens with zero attached hydrogens (tertiary/aromatic N) is 3. The predicted molar refractivity (Wildman–Crippen MR) is 141 cm³/mol. The third kappa shape index (κ3) is 6.97. The summed E-state index contributed by atoms with van der Waals surface area (Å²) in [5.74, 6) is 0.823. The van der Waals surface area contributed by atoms with Crippen LogP contribution in [0.1, 0.15) is 29.5 Å². The lowest BCUT2D eigenvalue weighted by atomic mass is 10.1. The summed E-state index contributed by atoms with van der Waals surface area (Å²) in [5.41, 5.74) is 5.20. The van der Waals surface area contributed by atoms with Crippen molar-refractivity contribution < 1.29 is 0 Å². The molecule has 5 nitrogen and oxygen atoms in total. The van der Waals surface area contributed by atoms with Crippen LogP contribution in [0.3, 0.4) is 0 Å². The molecule has 0 unspecified atom stereocenters. The number of halogens is 1. The average molecular weight is 531 g/mol.